The van der Waals surface area contributed by atoms with Gasteiger partial charge in [-0.1, -0.05) is 12.1 Å². The molecule has 0 aliphatic heterocycles. The van der Waals surface area contributed by atoms with Crippen LogP contribution < -0.4 is 5.32 Å². The summed E-state index contributed by atoms with van der Waals surface area (Å²) >= 11 is 4.66. The second kappa shape index (κ2) is 5.42. The lowest BCUT2D eigenvalue weighted by atomic mass is 10.2. The summed E-state index contributed by atoms with van der Waals surface area (Å²) in [5, 5.41) is 2.74. The van der Waals surface area contributed by atoms with Gasteiger partial charge in [-0.25, -0.2) is 4.39 Å². The summed E-state index contributed by atoms with van der Waals surface area (Å²) in [4.78, 5) is 12.3. The van der Waals surface area contributed by atoms with Gasteiger partial charge >= 0.3 is 0 Å². The number of amides is 1. The van der Waals surface area contributed by atoms with Crippen LogP contribution in [0.3, 0.4) is 0 Å². The van der Waals surface area contributed by atoms with E-state index in [1.807, 2.05) is 6.07 Å². The second-order valence-corrected chi connectivity index (χ2v) is 5.88. The summed E-state index contributed by atoms with van der Waals surface area (Å²) in [6.07, 6.45) is 0. The molecule has 0 aliphatic rings. The van der Waals surface area contributed by atoms with E-state index in [-0.39, 0.29) is 11.7 Å². The summed E-state index contributed by atoms with van der Waals surface area (Å²) in [6, 6.07) is 9.75. The molecule has 0 spiro atoms. The fraction of sp³-hybridized carbons (Fsp3) is 0.0833. The van der Waals surface area contributed by atoms with Crippen LogP contribution in [0.5, 0.6) is 0 Å². The number of carbonyl (C=O) groups is 1. The fourth-order valence-corrected chi connectivity index (χ4v) is 2.66. The largest absolute Gasteiger partial charge is 0.347 e. The number of benzene rings is 1. The molecule has 1 amide bonds. The summed E-state index contributed by atoms with van der Waals surface area (Å²) in [5.74, 6) is -0.444. The van der Waals surface area contributed by atoms with Gasteiger partial charge in [0.2, 0.25) is 0 Å². The molecule has 2 aromatic rings. The van der Waals surface area contributed by atoms with Crippen LogP contribution in [0.1, 0.15) is 15.2 Å². The van der Waals surface area contributed by atoms with Gasteiger partial charge in [0.25, 0.3) is 5.91 Å². The minimum atomic E-state index is -0.296. The quantitative estimate of drug-likeness (QED) is 0.922. The van der Waals surface area contributed by atoms with Crippen molar-refractivity contribution < 1.29 is 9.18 Å². The molecule has 1 heterocycles. The predicted molar refractivity (Wildman–Crippen MR) is 69.6 cm³/mol. The minimum absolute atomic E-state index is 0.148. The average molecular weight is 314 g/mol. The molecule has 0 unspecified atom stereocenters. The number of hydrogen-bond donors (Lipinski definition) is 1. The molecular weight excluding hydrogens is 305 g/mol. The Balaban J connectivity index is 1.97. The third kappa shape index (κ3) is 3.38. The maximum absolute atomic E-state index is 12.9. The molecule has 1 aromatic carbocycles. The third-order valence-electron chi connectivity index (χ3n) is 2.14. The van der Waals surface area contributed by atoms with E-state index in [2.05, 4.69) is 21.2 Å². The van der Waals surface area contributed by atoms with Crippen LogP contribution in [-0.2, 0) is 6.54 Å². The summed E-state index contributed by atoms with van der Waals surface area (Å²) in [7, 11) is 0. The van der Waals surface area contributed by atoms with Crippen molar-refractivity contribution in [3.05, 3.63) is 56.4 Å². The lowest BCUT2D eigenvalue weighted by molar-refractivity contribution is 0.0955. The van der Waals surface area contributed by atoms with E-state index in [0.29, 0.717) is 11.4 Å². The standard InChI is InChI=1S/C12H9BrFNOS/c13-11-5-4-10(17-11)12(16)15-7-8-2-1-3-9(14)6-8/h1-6H,7H2,(H,15,16). The van der Waals surface area contributed by atoms with Gasteiger partial charge in [-0.05, 0) is 45.8 Å². The van der Waals surface area contributed by atoms with E-state index < -0.39 is 0 Å². The van der Waals surface area contributed by atoms with Crippen molar-refractivity contribution in [1.29, 1.82) is 0 Å². The summed E-state index contributed by atoms with van der Waals surface area (Å²) < 4.78 is 13.8. The number of rotatable bonds is 3. The molecular formula is C12H9BrFNOS. The molecule has 1 N–H and O–H groups in total. The first-order chi connectivity index (χ1) is 8.15. The highest BCUT2D eigenvalue weighted by Gasteiger charge is 2.07. The Morgan fingerprint density at radius 3 is 2.82 bits per heavy atom. The predicted octanol–water partition coefficient (Wildman–Crippen LogP) is 3.58. The monoisotopic (exact) mass is 313 g/mol. The minimum Gasteiger partial charge on any atom is -0.347 e. The number of thiophene rings is 1. The molecule has 0 radical (unpaired) electrons. The van der Waals surface area contributed by atoms with E-state index in [9.17, 15) is 9.18 Å². The van der Waals surface area contributed by atoms with Crippen molar-refractivity contribution in [1.82, 2.24) is 5.32 Å². The molecule has 2 rings (SSSR count). The van der Waals surface area contributed by atoms with Crippen molar-refractivity contribution in [2.45, 2.75) is 6.54 Å². The highest BCUT2D eigenvalue weighted by molar-refractivity contribution is 9.11. The van der Waals surface area contributed by atoms with Gasteiger partial charge in [0.05, 0.1) is 8.66 Å². The maximum Gasteiger partial charge on any atom is 0.261 e. The Kier molecular flexibility index (Phi) is 3.91. The van der Waals surface area contributed by atoms with Crippen molar-refractivity contribution in [3.63, 3.8) is 0 Å². The van der Waals surface area contributed by atoms with E-state index in [1.165, 1.54) is 23.5 Å². The lowest BCUT2D eigenvalue weighted by Gasteiger charge is -2.03. The van der Waals surface area contributed by atoms with Crippen molar-refractivity contribution in [2.24, 2.45) is 0 Å². The molecule has 88 valence electrons. The zero-order valence-electron chi connectivity index (χ0n) is 8.74. The van der Waals surface area contributed by atoms with E-state index in [0.717, 1.165) is 9.35 Å². The van der Waals surface area contributed by atoms with Crippen LogP contribution in [-0.4, -0.2) is 5.91 Å². The number of hydrogen-bond acceptors (Lipinski definition) is 2. The topological polar surface area (TPSA) is 29.1 Å². The number of nitrogens with one attached hydrogen (secondary N) is 1. The van der Waals surface area contributed by atoms with E-state index >= 15 is 0 Å². The van der Waals surface area contributed by atoms with Crippen LogP contribution in [0, 0.1) is 5.82 Å². The Labute approximate surface area is 111 Å². The number of halogens is 2. The van der Waals surface area contributed by atoms with Gasteiger partial charge in [-0.15, -0.1) is 11.3 Å². The van der Waals surface area contributed by atoms with Crippen LogP contribution in [0.25, 0.3) is 0 Å². The van der Waals surface area contributed by atoms with Crippen LogP contribution >= 0.6 is 27.3 Å². The van der Waals surface area contributed by atoms with Crippen molar-refractivity contribution in [2.75, 3.05) is 0 Å². The lowest BCUT2D eigenvalue weighted by Crippen LogP contribution is -2.21. The van der Waals surface area contributed by atoms with Gasteiger partial charge in [0.15, 0.2) is 0 Å². The van der Waals surface area contributed by atoms with Gasteiger partial charge in [-0.3, -0.25) is 4.79 Å². The van der Waals surface area contributed by atoms with Crippen molar-refractivity contribution >= 4 is 33.2 Å². The molecule has 0 aliphatic carbocycles. The van der Waals surface area contributed by atoms with E-state index in [1.54, 1.807) is 18.2 Å². The smallest absolute Gasteiger partial charge is 0.261 e. The molecule has 0 saturated heterocycles. The van der Waals surface area contributed by atoms with Gasteiger partial charge in [0, 0.05) is 6.54 Å². The Morgan fingerprint density at radius 1 is 1.35 bits per heavy atom. The van der Waals surface area contributed by atoms with Crippen LogP contribution in [0.15, 0.2) is 40.2 Å². The zero-order chi connectivity index (χ0) is 12.3. The molecule has 0 saturated carbocycles. The molecule has 2 nitrogen and oxygen atoms in total. The van der Waals surface area contributed by atoms with Crippen molar-refractivity contribution in [3.8, 4) is 0 Å². The zero-order valence-corrected chi connectivity index (χ0v) is 11.1. The maximum atomic E-state index is 12.9. The first kappa shape index (κ1) is 12.3. The van der Waals surface area contributed by atoms with Gasteiger partial charge in [0.1, 0.15) is 5.82 Å². The average Bonchev–Trinajstić information content (AvgIpc) is 2.73. The summed E-state index contributed by atoms with van der Waals surface area (Å²) in [6.45, 7) is 0.326. The van der Waals surface area contributed by atoms with Gasteiger partial charge < -0.3 is 5.32 Å². The highest BCUT2D eigenvalue weighted by Crippen LogP contribution is 2.21. The molecule has 0 atom stereocenters. The Hall–Kier alpha value is -1.20. The first-order valence-corrected chi connectivity index (χ1v) is 6.54. The fourth-order valence-electron chi connectivity index (χ4n) is 1.35. The Morgan fingerprint density at radius 2 is 2.18 bits per heavy atom. The number of carbonyl (C=O) groups excluding carboxylic acids is 1. The SMILES string of the molecule is O=C(NCc1cccc(F)c1)c1ccc(Br)s1. The first-order valence-electron chi connectivity index (χ1n) is 4.93. The molecule has 17 heavy (non-hydrogen) atoms. The molecule has 0 bridgehead atoms. The molecule has 5 heteroatoms. The Bertz CT molecular complexity index is 541. The summed E-state index contributed by atoms with van der Waals surface area (Å²) in [5.41, 5.74) is 0.744. The van der Waals surface area contributed by atoms with Crippen LogP contribution in [0.4, 0.5) is 4.39 Å². The highest BCUT2D eigenvalue weighted by atomic mass is 79.9. The van der Waals surface area contributed by atoms with Crippen LogP contribution in [0.2, 0.25) is 0 Å². The second-order valence-electron chi connectivity index (χ2n) is 3.42. The van der Waals surface area contributed by atoms with E-state index in [4.69, 9.17) is 0 Å². The molecule has 0 fully saturated rings. The third-order valence-corrected chi connectivity index (χ3v) is 3.76. The molecule has 1 aromatic heterocycles. The normalized spacial score (nSPS) is 10.2. The van der Waals surface area contributed by atoms with Gasteiger partial charge in [-0.2, -0.15) is 0 Å².